The molecule has 0 saturated heterocycles. The van der Waals surface area contributed by atoms with Crippen LogP contribution in [0.15, 0.2) is 274 Å². The number of rotatable bonds is 10. The maximum Gasteiger partial charge on any atom is 0.0476 e. The van der Waals surface area contributed by atoms with Crippen molar-refractivity contribution in [2.24, 2.45) is 0 Å². The third kappa shape index (κ3) is 6.47. The quantitative estimate of drug-likeness (QED) is 0.137. The molecule has 0 bridgehead atoms. The van der Waals surface area contributed by atoms with Crippen molar-refractivity contribution >= 4 is 74.8 Å². The summed E-state index contributed by atoms with van der Waals surface area (Å²) < 4.78 is 2.59. The summed E-state index contributed by atoms with van der Waals surface area (Å²) in [6, 6.07) is 94.8. The highest BCUT2D eigenvalue weighted by molar-refractivity contribution is 8.49. The first kappa shape index (κ1) is 41.8. The Labute approximate surface area is 404 Å². The molecule has 4 heteroatoms. The molecular weight excluding hydrogens is 861 g/mol. The second-order valence-electron chi connectivity index (χ2n) is 18.8. The molecule has 2 nitrogen and oxygen atoms in total. The predicted molar refractivity (Wildman–Crippen MR) is 294 cm³/mol. The fraction of sp³-hybridized carbons (Fsp3) is 0.0625. The third-order valence-corrected chi connectivity index (χ3v) is 22.2. The van der Waals surface area contributed by atoms with Gasteiger partial charge in [0.15, 0.2) is 0 Å². The summed E-state index contributed by atoms with van der Waals surface area (Å²) >= 11 is 1.86. The maximum atomic E-state index is 2.57. The van der Waals surface area contributed by atoms with E-state index in [0.29, 0.717) is 0 Å². The van der Waals surface area contributed by atoms with Crippen molar-refractivity contribution in [3.05, 3.63) is 266 Å². The molecule has 0 aliphatic heterocycles. The van der Waals surface area contributed by atoms with Crippen LogP contribution < -0.4 is 9.80 Å². The summed E-state index contributed by atoms with van der Waals surface area (Å²) in [4.78, 5) is 10.1. The first-order valence-corrected chi connectivity index (χ1v) is 27.0. The van der Waals surface area contributed by atoms with Gasteiger partial charge in [-0.2, -0.15) is 0 Å². The normalized spacial score (nSPS) is 13.4. The van der Waals surface area contributed by atoms with Gasteiger partial charge >= 0.3 is 0 Å². The molecule has 1 aliphatic carbocycles. The molecule has 0 amide bonds. The smallest absolute Gasteiger partial charge is 0.0476 e. The molecular formula is C64H52N2S2. The zero-order valence-electron chi connectivity index (χ0n) is 38.5. The fourth-order valence-electron chi connectivity index (χ4n) is 11.2. The Morgan fingerprint density at radius 3 is 1.44 bits per heavy atom. The first-order chi connectivity index (χ1) is 33.3. The lowest BCUT2D eigenvalue weighted by molar-refractivity contribution is 0.660. The van der Waals surface area contributed by atoms with E-state index >= 15 is 0 Å². The van der Waals surface area contributed by atoms with E-state index in [1.54, 1.807) is 0 Å². The van der Waals surface area contributed by atoms with Crippen LogP contribution in [0, 0.1) is 0 Å². The van der Waals surface area contributed by atoms with Gasteiger partial charge in [0.05, 0.1) is 0 Å². The first-order valence-electron chi connectivity index (χ1n) is 23.5. The van der Waals surface area contributed by atoms with E-state index in [0.717, 1.165) is 34.1 Å². The Hall–Kier alpha value is -7.63. The Balaban J connectivity index is 1.05. The molecule has 0 unspecified atom stereocenters. The van der Waals surface area contributed by atoms with Crippen molar-refractivity contribution in [3.8, 4) is 11.1 Å². The molecule has 0 saturated carbocycles. The van der Waals surface area contributed by atoms with Gasteiger partial charge in [0, 0.05) is 59.7 Å². The second kappa shape index (κ2) is 16.3. The number of para-hydroxylation sites is 2. The van der Waals surface area contributed by atoms with Gasteiger partial charge in [0.2, 0.25) is 0 Å². The predicted octanol–water partition coefficient (Wildman–Crippen LogP) is 18.5. The molecule has 0 atom stereocenters. The molecule has 0 radical (unpaired) electrons. The molecule has 1 heterocycles. The van der Waals surface area contributed by atoms with E-state index in [9.17, 15) is 0 Å². The maximum absolute atomic E-state index is 3.52. The molecule has 0 fully saturated rings. The van der Waals surface area contributed by atoms with Gasteiger partial charge in [-0.05, 0) is 139 Å². The molecule has 68 heavy (non-hydrogen) atoms. The second-order valence-corrected chi connectivity index (χ2v) is 25.1. The number of hydrogen-bond acceptors (Lipinski definition) is 3. The standard InChI is InChI=1S/C64H52N2S2/c1-64(2)60-33-18-16-31-56(60)57-41-37-50(44-61(57)64)65(46-21-8-4-9-22-46)48-35-39-54(40-36-48)68(3,52-26-12-6-13-27-52,53-28-14-7-15-29-53)55-30-20-25-49(43-55)66(47-23-10-5-11-24-47)51-38-42-59-58-32-17-19-34-62(58)67-63(59)45-51/h4-45,68H,1-3H3. The topological polar surface area (TPSA) is 6.48 Å². The van der Waals surface area contributed by atoms with Crippen LogP contribution in [0.1, 0.15) is 25.0 Å². The summed E-state index contributed by atoms with van der Waals surface area (Å²) in [5.74, 6) is 0. The Kier molecular flexibility index (Phi) is 10.0. The van der Waals surface area contributed by atoms with Crippen molar-refractivity contribution in [1.82, 2.24) is 0 Å². The van der Waals surface area contributed by atoms with Crippen molar-refractivity contribution in [2.75, 3.05) is 16.1 Å². The van der Waals surface area contributed by atoms with Crippen LogP contribution in [-0.4, -0.2) is 6.26 Å². The van der Waals surface area contributed by atoms with Gasteiger partial charge in [-0.15, -0.1) is 11.3 Å². The van der Waals surface area contributed by atoms with Crippen LogP contribution >= 0.6 is 20.5 Å². The van der Waals surface area contributed by atoms with Crippen molar-refractivity contribution in [2.45, 2.75) is 38.8 Å². The highest BCUT2D eigenvalue weighted by Gasteiger charge is 2.44. The third-order valence-electron chi connectivity index (χ3n) is 14.8. The van der Waals surface area contributed by atoms with E-state index in [1.807, 2.05) is 11.3 Å². The van der Waals surface area contributed by atoms with Crippen molar-refractivity contribution in [3.63, 3.8) is 0 Å². The zero-order valence-corrected chi connectivity index (χ0v) is 40.2. The van der Waals surface area contributed by atoms with Crippen LogP contribution in [-0.2, 0) is 5.41 Å². The van der Waals surface area contributed by atoms with E-state index in [-0.39, 0.29) is 5.41 Å². The fourth-order valence-corrected chi connectivity index (χ4v) is 17.8. The van der Waals surface area contributed by atoms with Crippen LogP contribution in [0.2, 0.25) is 0 Å². The van der Waals surface area contributed by atoms with Gasteiger partial charge in [0.1, 0.15) is 0 Å². The van der Waals surface area contributed by atoms with E-state index < -0.39 is 9.16 Å². The molecule has 1 aromatic heterocycles. The van der Waals surface area contributed by atoms with Gasteiger partial charge < -0.3 is 9.80 Å². The monoisotopic (exact) mass is 912 g/mol. The highest BCUT2D eigenvalue weighted by Crippen LogP contribution is 2.88. The van der Waals surface area contributed by atoms with Gasteiger partial charge in [0.25, 0.3) is 0 Å². The summed E-state index contributed by atoms with van der Waals surface area (Å²) in [5, 5.41) is 2.60. The van der Waals surface area contributed by atoms with Gasteiger partial charge in [-0.1, -0.05) is 178 Å². The van der Waals surface area contributed by atoms with Crippen molar-refractivity contribution in [1.29, 1.82) is 0 Å². The zero-order chi connectivity index (χ0) is 45.9. The average Bonchev–Trinajstić information content (AvgIpc) is 3.88. The Morgan fingerprint density at radius 2 is 0.765 bits per heavy atom. The lowest BCUT2D eigenvalue weighted by Crippen LogP contribution is -2.21. The minimum Gasteiger partial charge on any atom is -0.310 e. The van der Waals surface area contributed by atoms with Crippen LogP contribution in [0.4, 0.5) is 34.1 Å². The van der Waals surface area contributed by atoms with Gasteiger partial charge in [-0.25, -0.2) is 9.16 Å². The lowest BCUT2D eigenvalue weighted by atomic mass is 9.82. The molecule has 0 N–H and O–H groups in total. The SMILES string of the molecule is CC1(C)c2ccccc2-c2ccc(N(c3ccccc3)c3ccc([SH](C)(c4ccccc4)(c4ccccc4)c4cccc(N(c5ccccc5)c5ccc6c(c5)sc5ccccc56)c4)cc3)cc21. The molecule has 10 aromatic carbocycles. The van der Waals surface area contributed by atoms with Crippen LogP contribution in [0.3, 0.4) is 0 Å². The summed E-state index contributed by atoms with van der Waals surface area (Å²) in [5.41, 5.74) is 12.0. The Bertz CT molecular complexity index is 3580. The summed E-state index contributed by atoms with van der Waals surface area (Å²) in [6.07, 6.45) is 2.57. The minimum absolute atomic E-state index is 0.116. The number of nitrogens with zero attached hydrogens (tertiary/aromatic N) is 2. The number of thiophene rings is 1. The molecule has 12 rings (SSSR count). The Morgan fingerprint density at radius 1 is 0.324 bits per heavy atom. The number of thiol groups is 1. The summed E-state index contributed by atoms with van der Waals surface area (Å²) in [7, 11) is -3.52. The van der Waals surface area contributed by atoms with E-state index in [2.05, 4.69) is 285 Å². The molecule has 0 spiro atoms. The highest BCUT2D eigenvalue weighted by atomic mass is 32.3. The van der Waals surface area contributed by atoms with Crippen molar-refractivity contribution < 1.29 is 0 Å². The number of anilines is 6. The average molecular weight is 913 g/mol. The number of benzene rings is 10. The van der Waals surface area contributed by atoms with Crippen LogP contribution in [0.5, 0.6) is 0 Å². The van der Waals surface area contributed by atoms with E-state index in [1.165, 1.54) is 62.0 Å². The molecule has 1 aliphatic rings. The largest absolute Gasteiger partial charge is 0.310 e. The van der Waals surface area contributed by atoms with Crippen LogP contribution in [0.25, 0.3) is 31.3 Å². The summed E-state index contributed by atoms with van der Waals surface area (Å²) in [6.45, 7) is 4.72. The molecule has 11 aromatic rings. The van der Waals surface area contributed by atoms with E-state index in [4.69, 9.17) is 0 Å². The number of fused-ring (bicyclic) bond motifs is 6. The minimum atomic E-state index is -3.52. The van der Waals surface area contributed by atoms with Gasteiger partial charge in [-0.3, -0.25) is 0 Å². The number of hydrogen-bond donors (Lipinski definition) is 1. The lowest BCUT2D eigenvalue weighted by Gasteiger charge is -2.60. The molecule has 330 valence electrons.